The number of methoxy groups -OCH3 is 1. The van der Waals surface area contributed by atoms with Crippen molar-refractivity contribution in [2.45, 2.75) is 31.6 Å². The lowest BCUT2D eigenvalue weighted by Gasteiger charge is -2.31. The van der Waals surface area contributed by atoms with Gasteiger partial charge in [-0.2, -0.15) is 0 Å². The molecule has 30 heavy (non-hydrogen) atoms. The number of halogens is 1. The van der Waals surface area contributed by atoms with Crippen LogP contribution in [0.4, 0.5) is 0 Å². The maximum atomic E-state index is 12.7. The van der Waals surface area contributed by atoms with Crippen LogP contribution in [0.25, 0.3) is 0 Å². The Kier molecular flexibility index (Phi) is 7.55. The number of nitrogens with one attached hydrogen (secondary N) is 1. The number of piperidine rings is 1. The molecule has 1 amide bonds. The van der Waals surface area contributed by atoms with Crippen LogP contribution < -0.4 is 10.1 Å². The lowest BCUT2D eigenvalue weighted by atomic mass is 9.96. The van der Waals surface area contributed by atoms with Crippen molar-refractivity contribution in [1.29, 1.82) is 0 Å². The topological polar surface area (TPSA) is 75.7 Å². The Hall–Kier alpha value is -1.90. The molecule has 2 aromatic carbocycles. The molecule has 6 nitrogen and oxygen atoms in total. The molecule has 0 spiro atoms. The standard InChI is InChI=1S/C22H27BrN2O4S/c1-16(20-5-3-4-6-21(20)29-2)24-22(26)18-11-13-25(14-12-18)30(27,28)15-17-7-9-19(23)10-8-17/h3-10,16,18H,11-15H2,1-2H3,(H,24,26). The van der Waals surface area contributed by atoms with Crippen molar-refractivity contribution in [3.63, 3.8) is 0 Å². The van der Waals surface area contributed by atoms with Gasteiger partial charge in [-0.15, -0.1) is 0 Å². The first-order valence-electron chi connectivity index (χ1n) is 9.95. The van der Waals surface area contributed by atoms with Crippen LogP contribution >= 0.6 is 15.9 Å². The van der Waals surface area contributed by atoms with Crippen LogP contribution in [0.5, 0.6) is 5.75 Å². The Labute approximate surface area is 186 Å². The lowest BCUT2D eigenvalue weighted by Crippen LogP contribution is -2.43. The van der Waals surface area contributed by atoms with Crippen molar-refractivity contribution in [3.8, 4) is 5.75 Å². The summed E-state index contributed by atoms with van der Waals surface area (Å²) >= 11 is 3.36. The van der Waals surface area contributed by atoms with E-state index in [2.05, 4.69) is 21.2 Å². The van der Waals surface area contributed by atoms with E-state index in [0.717, 1.165) is 21.3 Å². The van der Waals surface area contributed by atoms with Crippen LogP contribution in [0.15, 0.2) is 53.0 Å². The van der Waals surface area contributed by atoms with E-state index in [9.17, 15) is 13.2 Å². The Morgan fingerprint density at radius 2 is 1.80 bits per heavy atom. The van der Waals surface area contributed by atoms with Gasteiger partial charge in [-0.05, 0) is 43.5 Å². The summed E-state index contributed by atoms with van der Waals surface area (Å²) in [5, 5.41) is 3.05. The normalized spacial score (nSPS) is 16.8. The number of nitrogens with zero attached hydrogens (tertiary/aromatic N) is 1. The van der Waals surface area contributed by atoms with Crippen LogP contribution in [0.3, 0.4) is 0 Å². The molecule has 162 valence electrons. The van der Waals surface area contributed by atoms with E-state index in [1.807, 2.05) is 43.3 Å². The Morgan fingerprint density at radius 1 is 1.17 bits per heavy atom. The third-order valence-corrected chi connectivity index (χ3v) is 7.82. The number of ether oxygens (including phenoxy) is 1. The predicted molar refractivity (Wildman–Crippen MR) is 121 cm³/mol. The van der Waals surface area contributed by atoms with Crippen molar-refractivity contribution in [3.05, 3.63) is 64.1 Å². The van der Waals surface area contributed by atoms with Gasteiger partial charge in [0, 0.05) is 29.0 Å². The van der Waals surface area contributed by atoms with Gasteiger partial charge in [0.1, 0.15) is 5.75 Å². The highest BCUT2D eigenvalue weighted by atomic mass is 79.9. The number of carbonyl (C=O) groups is 1. The van der Waals surface area contributed by atoms with Crippen molar-refractivity contribution >= 4 is 31.9 Å². The number of hydrogen-bond donors (Lipinski definition) is 1. The average Bonchev–Trinajstić information content (AvgIpc) is 2.75. The molecule has 1 fully saturated rings. The number of sulfonamides is 1. The second-order valence-electron chi connectivity index (χ2n) is 7.53. The highest BCUT2D eigenvalue weighted by Crippen LogP contribution is 2.26. The molecule has 1 N–H and O–H groups in total. The minimum atomic E-state index is -3.40. The van der Waals surface area contributed by atoms with Gasteiger partial charge in [0.15, 0.2) is 0 Å². The second kappa shape index (κ2) is 9.94. The number of rotatable bonds is 7. The Balaban J connectivity index is 1.55. The van der Waals surface area contributed by atoms with Gasteiger partial charge in [-0.1, -0.05) is 46.3 Å². The van der Waals surface area contributed by atoms with E-state index in [-0.39, 0.29) is 23.6 Å². The molecule has 1 unspecified atom stereocenters. The third kappa shape index (κ3) is 5.62. The molecule has 0 saturated carbocycles. The van der Waals surface area contributed by atoms with Crippen molar-refractivity contribution in [2.75, 3.05) is 20.2 Å². The monoisotopic (exact) mass is 494 g/mol. The molecular weight excluding hydrogens is 468 g/mol. The van der Waals surface area contributed by atoms with Crippen molar-refractivity contribution < 1.29 is 17.9 Å². The fraction of sp³-hybridized carbons (Fsp3) is 0.409. The van der Waals surface area contributed by atoms with E-state index in [0.29, 0.717) is 25.9 Å². The quantitative estimate of drug-likeness (QED) is 0.633. The predicted octanol–water partition coefficient (Wildman–Crippen LogP) is 3.88. The number of carbonyl (C=O) groups excluding carboxylic acids is 1. The summed E-state index contributed by atoms with van der Waals surface area (Å²) in [6.07, 6.45) is 1.04. The summed E-state index contributed by atoms with van der Waals surface area (Å²) in [6, 6.07) is 14.7. The maximum Gasteiger partial charge on any atom is 0.223 e. The molecule has 8 heteroatoms. The van der Waals surface area contributed by atoms with E-state index < -0.39 is 10.0 Å². The summed E-state index contributed by atoms with van der Waals surface area (Å²) in [7, 11) is -1.79. The van der Waals surface area contributed by atoms with Crippen LogP contribution in [0.1, 0.15) is 36.9 Å². The average molecular weight is 495 g/mol. The number of para-hydroxylation sites is 1. The van der Waals surface area contributed by atoms with Crippen LogP contribution in [0, 0.1) is 5.92 Å². The first-order valence-corrected chi connectivity index (χ1v) is 12.4. The molecule has 3 rings (SSSR count). The highest BCUT2D eigenvalue weighted by molar-refractivity contribution is 9.10. The first-order chi connectivity index (χ1) is 14.3. The summed E-state index contributed by atoms with van der Waals surface area (Å²) < 4.78 is 33.3. The summed E-state index contributed by atoms with van der Waals surface area (Å²) in [4.78, 5) is 12.7. The minimum absolute atomic E-state index is 0.0258. The third-order valence-electron chi connectivity index (χ3n) is 5.44. The van der Waals surface area contributed by atoms with Crippen molar-refractivity contribution in [1.82, 2.24) is 9.62 Å². The molecule has 0 radical (unpaired) electrons. The summed E-state index contributed by atoms with van der Waals surface area (Å²) in [5.41, 5.74) is 1.67. The van der Waals surface area contributed by atoms with Gasteiger partial charge in [0.25, 0.3) is 0 Å². The molecule has 1 aliphatic rings. The molecule has 0 aromatic heterocycles. The Bertz CT molecular complexity index is 971. The second-order valence-corrected chi connectivity index (χ2v) is 10.4. The molecular formula is C22H27BrN2O4S. The number of benzene rings is 2. The minimum Gasteiger partial charge on any atom is -0.496 e. The van der Waals surface area contributed by atoms with Crippen LogP contribution in [-0.2, 0) is 20.6 Å². The molecule has 0 aliphatic carbocycles. The summed E-state index contributed by atoms with van der Waals surface area (Å²) in [6.45, 7) is 2.65. The SMILES string of the molecule is COc1ccccc1C(C)NC(=O)C1CCN(S(=O)(=O)Cc2ccc(Br)cc2)CC1. The largest absolute Gasteiger partial charge is 0.496 e. The zero-order valence-corrected chi connectivity index (χ0v) is 19.6. The van der Waals surface area contributed by atoms with Crippen LogP contribution in [0.2, 0.25) is 0 Å². The molecule has 1 aliphatic heterocycles. The fourth-order valence-corrected chi connectivity index (χ4v) is 5.54. The van der Waals surface area contributed by atoms with E-state index in [1.165, 1.54) is 4.31 Å². The molecule has 2 aromatic rings. The molecule has 1 saturated heterocycles. The van der Waals surface area contributed by atoms with Gasteiger partial charge in [-0.25, -0.2) is 12.7 Å². The van der Waals surface area contributed by atoms with E-state index >= 15 is 0 Å². The molecule has 1 atom stereocenters. The number of hydrogen-bond acceptors (Lipinski definition) is 4. The summed E-state index contributed by atoms with van der Waals surface area (Å²) in [5.74, 6) is 0.473. The molecule has 0 bridgehead atoms. The van der Waals surface area contributed by atoms with Gasteiger partial charge in [-0.3, -0.25) is 4.79 Å². The zero-order chi connectivity index (χ0) is 21.7. The van der Waals surface area contributed by atoms with Gasteiger partial charge < -0.3 is 10.1 Å². The lowest BCUT2D eigenvalue weighted by molar-refractivity contribution is -0.126. The zero-order valence-electron chi connectivity index (χ0n) is 17.2. The number of amides is 1. The van der Waals surface area contributed by atoms with E-state index in [4.69, 9.17) is 4.74 Å². The fourth-order valence-electron chi connectivity index (χ4n) is 3.71. The Morgan fingerprint density at radius 3 is 2.43 bits per heavy atom. The maximum absolute atomic E-state index is 12.7. The highest BCUT2D eigenvalue weighted by Gasteiger charge is 2.31. The van der Waals surface area contributed by atoms with Crippen LogP contribution in [-0.4, -0.2) is 38.8 Å². The van der Waals surface area contributed by atoms with Gasteiger partial charge in [0.2, 0.25) is 15.9 Å². The molecule has 1 heterocycles. The smallest absolute Gasteiger partial charge is 0.223 e. The van der Waals surface area contributed by atoms with E-state index in [1.54, 1.807) is 19.2 Å². The van der Waals surface area contributed by atoms with Gasteiger partial charge >= 0.3 is 0 Å². The van der Waals surface area contributed by atoms with Crippen molar-refractivity contribution in [2.24, 2.45) is 5.92 Å². The first kappa shape index (κ1) is 22.8. The van der Waals surface area contributed by atoms with Gasteiger partial charge in [0.05, 0.1) is 18.9 Å².